The molecular weight excluding hydrogens is 318 g/mol. The van der Waals surface area contributed by atoms with Gasteiger partial charge < -0.3 is 5.32 Å². The van der Waals surface area contributed by atoms with Gasteiger partial charge in [-0.1, -0.05) is 37.4 Å². The fourth-order valence-electron chi connectivity index (χ4n) is 3.31. The summed E-state index contributed by atoms with van der Waals surface area (Å²) in [6, 6.07) is 8.83. The smallest absolute Gasteiger partial charge is 0.0931 e. The number of hydrogen-bond acceptors (Lipinski definition) is 3. The van der Waals surface area contributed by atoms with E-state index in [1.165, 1.54) is 35.4 Å². The third-order valence-corrected chi connectivity index (χ3v) is 6.60. The lowest BCUT2D eigenvalue weighted by molar-refractivity contribution is 0.271. The molecule has 0 amide bonds. The molecule has 1 saturated carbocycles. The molecule has 0 aromatic carbocycles. The Hall–Kier alpha value is -0.350. The maximum Gasteiger partial charge on any atom is 0.0931 e. The van der Waals surface area contributed by atoms with Gasteiger partial charge in [0.1, 0.15) is 0 Å². The summed E-state index contributed by atoms with van der Waals surface area (Å²) in [7, 11) is 0. The summed E-state index contributed by atoms with van der Waals surface area (Å²) in [6.45, 7) is 3.50. The Bertz CT molecular complexity index is 549. The zero-order chi connectivity index (χ0) is 14.7. The van der Waals surface area contributed by atoms with Crippen molar-refractivity contribution in [2.24, 2.45) is 11.8 Å². The average Bonchev–Trinajstić information content (AvgIpc) is 3.12. The Morgan fingerprint density at radius 2 is 2.19 bits per heavy atom. The number of thiophene rings is 2. The third kappa shape index (κ3) is 4.10. The minimum Gasteiger partial charge on any atom is -0.305 e. The Morgan fingerprint density at radius 3 is 2.86 bits per heavy atom. The van der Waals surface area contributed by atoms with Crippen molar-refractivity contribution in [2.45, 2.75) is 38.6 Å². The molecule has 0 bridgehead atoms. The van der Waals surface area contributed by atoms with E-state index >= 15 is 0 Å². The first-order chi connectivity index (χ1) is 10.2. The highest BCUT2D eigenvalue weighted by molar-refractivity contribution is 7.16. The summed E-state index contributed by atoms with van der Waals surface area (Å²) in [5.74, 6) is 1.72. The van der Waals surface area contributed by atoms with E-state index in [-0.39, 0.29) is 0 Å². The average molecular weight is 340 g/mol. The summed E-state index contributed by atoms with van der Waals surface area (Å²) in [5.41, 5.74) is 0. The van der Waals surface area contributed by atoms with Crippen molar-refractivity contribution < 1.29 is 0 Å². The zero-order valence-corrected chi connectivity index (χ0v) is 14.7. The maximum absolute atomic E-state index is 6.13. The molecule has 2 heterocycles. The Balaban J connectivity index is 1.68. The van der Waals surface area contributed by atoms with Crippen molar-refractivity contribution >= 4 is 34.3 Å². The van der Waals surface area contributed by atoms with Gasteiger partial charge in [0, 0.05) is 9.75 Å². The summed E-state index contributed by atoms with van der Waals surface area (Å²) in [4.78, 5) is 2.71. The lowest BCUT2D eigenvalue weighted by Gasteiger charge is -2.28. The Kier molecular flexibility index (Phi) is 5.38. The van der Waals surface area contributed by atoms with Gasteiger partial charge in [0.15, 0.2) is 0 Å². The standard InChI is InChI=1S/C17H22ClNS2/c1-12-4-2-5-13(10-12)11-19-17(14-6-3-9-20-14)15-7-8-16(18)21-15/h3,6-9,12-13,17,19H,2,4-5,10-11H2,1H3. The normalized spacial score (nSPS) is 24.1. The molecule has 114 valence electrons. The van der Waals surface area contributed by atoms with Crippen LogP contribution in [0.4, 0.5) is 0 Å². The topological polar surface area (TPSA) is 12.0 Å². The van der Waals surface area contributed by atoms with Crippen molar-refractivity contribution in [2.75, 3.05) is 6.54 Å². The van der Waals surface area contributed by atoms with Gasteiger partial charge in [-0.15, -0.1) is 22.7 Å². The van der Waals surface area contributed by atoms with Gasteiger partial charge in [0.2, 0.25) is 0 Å². The van der Waals surface area contributed by atoms with E-state index < -0.39 is 0 Å². The SMILES string of the molecule is CC1CCCC(CNC(c2cccs2)c2ccc(Cl)s2)C1. The molecule has 3 rings (SSSR count). The summed E-state index contributed by atoms with van der Waals surface area (Å²) in [5, 5.41) is 5.96. The van der Waals surface area contributed by atoms with Crippen LogP contribution in [0.5, 0.6) is 0 Å². The molecule has 3 atom stereocenters. The van der Waals surface area contributed by atoms with Crippen molar-refractivity contribution in [3.63, 3.8) is 0 Å². The zero-order valence-electron chi connectivity index (χ0n) is 12.3. The summed E-state index contributed by atoms with van der Waals surface area (Å²) in [6.07, 6.45) is 5.54. The minimum absolute atomic E-state index is 0.305. The van der Waals surface area contributed by atoms with Crippen LogP contribution in [0.3, 0.4) is 0 Å². The Morgan fingerprint density at radius 1 is 1.29 bits per heavy atom. The highest BCUT2D eigenvalue weighted by atomic mass is 35.5. The molecule has 3 unspecified atom stereocenters. The van der Waals surface area contributed by atoms with E-state index in [1.54, 1.807) is 11.3 Å². The fraction of sp³-hybridized carbons (Fsp3) is 0.529. The van der Waals surface area contributed by atoms with Crippen LogP contribution in [0.25, 0.3) is 0 Å². The first-order valence-corrected chi connectivity index (χ1v) is 9.82. The lowest BCUT2D eigenvalue weighted by atomic mass is 9.82. The van der Waals surface area contributed by atoms with Crippen molar-refractivity contribution in [1.82, 2.24) is 5.32 Å². The van der Waals surface area contributed by atoms with Gasteiger partial charge in [0.25, 0.3) is 0 Å². The quantitative estimate of drug-likeness (QED) is 0.707. The molecule has 1 N–H and O–H groups in total. The van der Waals surface area contributed by atoms with E-state index in [4.69, 9.17) is 11.6 Å². The molecule has 0 aliphatic heterocycles. The van der Waals surface area contributed by atoms with E-state index in [0.29, 0.717) is 6.04 Å². The molecule has 4 heteroatoms. The van der Waals surface area contributed by atoms with E-state index in [2.05, 4.69) is 35.8 Å². The summed E-state index contributed by atoms with van der Waals surface area (Å²) < 4.78 is 0.875. The number of halogens is 1. The predicted octanol–water partition coefficient (Wildman–Crippen LogP) is 5.97. The van der Waals surface area contributed by atoms with E-state index in [1.807, 2.05) is 17.4 Å². The van der Waals surface area contributed by atoms with Crippen LogP contribution < -0.4 is 5.32 Å². The summed E-state index contributed by atoms with van der Waals surface area (Å²) >= 11 is 9.64. The molecule has 1 nitrogen and oxygen atoms in total. The lowest BCUT2D eigenvalue weighted by Crippen LogP contribution is -2.29. The second kappa shape index (κ2) is 7.28. The van der Waals surface area contributed by atoms with Gasteiger partial charge in [0.05, 0.1) is 10.4 Å². The van der Waals surface area contributed by atoms with Crippen LogP contribution >= 0.6 is 34.3 Å². The van der Waals surface area contributed by atoms with E-state index in [9.17, 15) is 0 Å². The van der Waals surface area contributed by atoms with Gasteiger partial charge in [-0.3, -0.25) is 0 Å². The van der Waals surface area contributed by atoms with Gasteiger partial charge in [-0.05, 0) is 54.8 Å². The molecule has 2 aromatic rings. The highest BCUT2D eigenvalue weighted by Gasteiger charge is 2.22. The highest BCUT2D eigenvalue weighted by Crippen LogP contribution is 2.34. The molecule has 1 fully saturated rings. The van der Waals surface area contributed by atoms with Gasteiger partial charge >= 0.3 is 0 Å². The molecule has 1 aliphatic rings. The van der Waals surface area contributed by atoms with Gasteiger partial charge in [-0.25, -0.2) is 0 Å². The molecule has 21 heavy (non-hydrogen) atoms. The number of rotatable bonds is 5. The fourth-order valence-corrected chi connectivity index (χ4v) is 5.36. The van der Waals surface area contributed by atoms with Crippen molar-refractivity contribution in [1.29, 1.82) is 0 Å². The largest absolute Gasteiger partial charge is 0.305 e. The number of nitrogens with one attached hydrogen (secondary N) is 1. The molecule has 0 spiro atoms. The van der Waals surface area contributed by atoms with Crippen molar-refractivity contribution in [3.8, 4) is 0 Å². The second-order valence-corrected chi connectivity index (χ2v) is 8.86. The molecular formula is C17H22ClNS2. The van der Waals surface area contributed by atoms with Crippen LogP contribution in [-0.4, -0.2) is 6.54 Å². The van der Waals surface area contributed by atoms with Crippen LogP contribution in [0.1, 0.15) is 48.4 Å². The predicted molar refractivity (Wildman–Crippen MR) is 94.6 cm³/mol. The maximum atomic E-state index is 6.13. The van der Waals surface area contributed by atoms with Crippen LogP contribution in [0.2, 0.25) is 4.34 Å². The minimum atomic E-state index is 0.305. The molecule has 0 radical (unpaired) electrons. The molecule has 2 aromatic heterocycles. The van der Waals surface area contributed by atoms with Crippen LogP contribution in [0.15, 0.2) is 29.6 Å². The first-order valence-electron chi connectivity index (χ1n) is 7.74. The Labute approximate surface area is 140 Å². The monoisotopic (exact) mass is 339 g/mol. The van der Waals surface area contributed by atoms with Crippen molar-refractivity contribution in [3.05, 3.63) is 43.7 Å². The number of hydrogen-bond donors (Lipinski definition) is 1. The second-order valence-electron chi connectivity index (χ2n) is 6.14. The molecule has 1 aliphatic carbocycles. The first kappa shape index (κ1) is 15.5. The van der Waals surface area contributed by atoms with Crippen LogP contribution in [-0.2, 0) is 0 Å². The molecule has 0 saturated heterocycles. The third-order valence-electron chi connectivity index (χ3n) is 4.36. The van der Waals surface area contributed by atoms with Crippen LogP contribution in [0, 0.1) is 11.8 Å². The van der Waals surface area contributed by atoms with Gasteiger partial charge in [-0.2, -0.15) is 0 Å². The van der Waals surface area contributed by atoms with E-state index in [0.717, 1.165) is 22.7 Å².